The Kier molecular flexibility index (Phi) is 3.50. The molecule has 0 aromatic heterocycles. The van der Waals surface area contributed by atoms with Crippen molar-refractivity contribution >= 4 is 5.91 Å². The van der Waals surface area contributed by atoms with Crippen molar-refractivity contribution in [3.05, 3.63) is 41.5 Å². The van der Waals surface area contributed by atoms with E-state index in [2.05, 4.69) is 11.9 Å². The van der Waals surface area contributed by atoms with Crippen LogP contribution in [0.15, 0.2) is 30.4 Å². The number of hydrogen-bond donors (Lipinski definition) is 2. The molecular formula is C12H15NO2. The van der Waals surface area contributed by atoms with Crippen molar-refractivity contribution < 1.29 is 9.90 Å². The minimum absolute atomic E-state index is 0.137. The minimum atomic E-state index is -0.201. The first kappa shape index (κ1) is 11.3. The largest absolute Gasteiger partial charge is 0.508 e. The molecule has 0 radical (unpaired) electrons. The Hall–Kier alpha value is -1.77. The van der Waals surface area contributed by atoms with Crippen LogP contribution in [-0.2, 0) is 0 Å². The van der Waals surface area contributed by atoms with Gasteiger partial charge in [0.15, 0.2) is 0 Å². The van der Waals surface area contributed by atoms with Gasteiger partial charge >= 0.3 is 0 Å². The summed E-state index contributed by atoms with van der Waals surface area (Å²) < 4.78 is 0. The first-order valence-electron chi connectivity index (χ1n) is 4.73. The number of carbonyl (C=O) groups excluding carboxylic acids is 1. The van der Waals surface area contributed by atoms with E-state index in [0.29, 0.717) is 12.1 Å². The van der Waals surface area contributed by atoms with Gasteiger partial charge in [0, 0.05) is 12.1 Å². The average Bonchev–Trinajstić information content (AvgIpc) is 2.18. The van der Waals surface area contributed by atoms with E-state index in [1.54, 1.807) is 19.1 Å². The molecule has 3 heteroatoms. The number of phenolic OH excluding ortho intramolecular Hbond substituents is 1. The van der Waals surface area contributed by atoms with Crippen LogP contribution in [0, 0.1) is 6.92 Å². The van der Waals surface area contributed by atoms with E-state index in [1.807, 2.05) is 6.92 Å². The van der Waals surface area contributed by atoms with E-state index < -0.39 is 0 Å². The fourth-order valence-electron chi connectivity index (χ4n) is 1.08. The van der Waals surface area contributed by atoms with Crippen LogP contribution in [0.4, 0.5) is 0 Å². The van der Waals surface area contributed by atoms with E-state index in [9.17, 15) is 9.90 Å². The van der Waals surface area contributed by atoms with Crippen LogP contribution in [0.1, 0.15) is 22.8 Å². The van der Waals surface area contributed by atoms with E-state index in [4.69, 9.17) is 0 Å². The number of nitrogens with one attached hydrogen (secondary N) is 1. The summed E-state index contributed by atoms with van der Waals surface area (Å²) in [6, 6.07) is 4.86. The second-order valence-electron chi connectivity index (χ2n) is 3.64. The SMILES string of the molecule is C=C(C)CNC(=O)c1ccc(C)c(O)c1. The fourth-order valence-corrected chi connectivity index (χ4v) is 1.08. The normalized spacial score (nSPS) is 9.73. The van der Waals surface area contributed by atoms with Crippen molar-refractivity contribution in [3.63, 3.8) is 0 Å². The molecule has 0 heterocycles. The monoisotopic (exact) mass is 205 g/mol. The van der Waals surface area contributed by atoms with Crippen molar-refractivity contribution in [2.45, 2.75) is 13.8 Å². The van der Waals surface area contributed by atoms with Gasteiger partial charge in [-0.25, -0.2) is 0 Å². The van der Waals surface area contributed by atoms with Gasteiger partial charge in [-0.3, -0.25) is 4.79 Å². The van der Waals surface area contributed by atoms with Gasteiger partial charge in [-0.15, -0.1) is 0 Å². The van der Waals surface area contributed by atoms with Crippen molar-refractivity contribution in [2.24, 2.45) is 0 Å². The highest BCUT2D eigenvalue weighted by molar-refractivity contribution is 5.94. The van der Waals surface area contributed by atoms with Crippen LogP contribution in [0.5, 0.6) is 5.75 Å². The molecule has 0 spiro atoms. The quantitative estimate of drug-likeness (QED) is 0.741. The average molecular weight is 205 g/mol. The predicted octanol–water partition coefficient (Wildman–Crippen LogP) is 2.01. The maximum Gasteiger partial charge on any atom is 0.251 e. The summed E-state index contributed by atoms with van der Waals surface area (Å²) in [5, 5.41) is 12.1. The van der Waals surface area contributed by atoms with Crippen LogP contribution in [-0.4, -0.2) is 17.6 Å². The van der Waals surface area contributed by atoms with Crippen LogP contribution in [0.3, 0.4) is 0 Å². The third-order valence-corrected chi connectivity index (χ3v) is 2.02. The number of hydrogen-bond acceptors (Lipinski definition) is 2. The molecule has 0 aliphatic heterocycles. The number of aryl methyl sites for hydroxylation is 1. The minimum Gasteiger partial charge on any atom is -0.508 e. The molecule has 0 fully saturated rings. The number of aromatic hydroxyl groups is 1. The zero-order valence-electron chi connectivity index (χ0n) is 9.00. The van der Waals surface area contributed by atoms with Crippen molar-refractivity contribution in [1.82, 2.24) is 5.32 Å². The summed E-state index contributed by atoms with van der Waals surface area (Å²) in [6.07, 6.45) is 0. The van der Waals surface area contributed by atoms with Gasteiger partial charge in [0.2, 0.25) is 0 Å². The Morgan fingerprint density at radius 3 is 2.73 bits per heavy atom. The summed E-state index contributed by atoms with van der Waals surface area (Å²) in [5.74, 6) is -0.0636. The Bertz CT molecular complexity index is 397. The van der Waals surface area contributed by atoms with Gasteiger partial charge in [-0.05, 0) is 31.5 Å². The molecule has 0 saturated heterocycles. The van der Waals surface area contributed by atoms with Gasteiger partial charge < -0.3 is 10.4 Å². The highest BCUT2D eigenvalue weighted by Crippen LogP contribution is 2.17. The first-order chi connectivity index (χ1) is 7.00. The van der Waals surface area contributed by atoms with E-state index in [-0.39, 0.29) is 11.7 Å². The second-order valence-corrected chi connectivity index (χ2v) is 3.64. The standard InChI is InChI=1S/C12H15NO2/c1-8(2)7-13-12(15)10-5-4-9(3)11(14)6-10/h4-6,14H,1,7H2,2-3H3,(H,13,15). The molecule has 2 N–H and O–H groups in total. The summed E-state index contributed by atoms with van der Waals surface area (Å²) in [5.41, 5.74) is 2.10. The summed E-state index contributed by atoms with van der Waals surface area (Å²) in [6.45, 7) is 7.76. The molecule has 3 nitrogen and oxygen atoms in total. The highest BCUT2D eigenvalue weighted by Gasteiger charge is 2.06. The van der Waals surface area contributed by atoms with Crippen molar-refractivity contribution in [2.75, 3.05) is 6.54 Å². The molecule has 0 aliphatic rings. The maximum atomic E-state index is 11.5. The highest BCUT2D eigenvalue weighted by atomic mass is 16.3. The van der Waals surface area contributed by atoms with Crippen molar-refractivity contribution in [1.29, 1.82) is 0 Å². The van der Waals surface area contributed by atoms with Gasteiger partial charge in [0.05, 0.1) is 0 Å². The Morgan fingerprint density at radius 1 is 1.53 bits per heavy atom. The molecule has 0 atom stereocenters. The predicted molar refractivity (Wildman–Crippen MR) is 60.0 cm³/mol. The smallest absolute Gasteiger partial charge is 0.251 e. The summed E-state index contributed by atoms with van der Waals surface area (Å²) in [4.78, 5) is 11.5. The first-order valence-corrected chi connectivity index (χ1v) is 4.73. The number of benzene rings is 1. The molecule has 0 aliphatic carbocycles. The molecule has 0 bridgehead atoms. The summed E-state index contributed by atoms with van der Waals surface area (Å²) in [7, 11) is 0. The molecule has 1 rings (SSSR count). The topological polar surface area (TPSA) is 49.3 Å². The van der Waals surface area contributed by atoms with Gasteiger partial charge in [0.25, 0.3) is 5.91 Å². The summed E-state index contributed by atoms with van der Waals surface area (Å²) >= 11 is 0. The van der Waals surface area contributed by atoms with E-state index in [0.717, 1.165) is 11.1 Å². The molecule has 1 aromatic carbocycles. The van der Waals surface area contributed by atoms with E-state index >= 15 is 0 Å². The zero-order valence-corrected chi connectivity index (χ0v) is 9.00. The molecule has 1 amide bonds. The number of rotatable bonds is 3. The van der Waals surface area contributed by atoms with Gasteiger partial charge in [-0.2, -0.15) is 0 Å². The number of carbonyl (C=O) groups is 1. The van der Waals surface area contributed by atoms with Gasteiger partial charge in [0.1, 0.15) is 5.75 Å². The lowest BCUT2D eigenvalue weighted by Gasteiger charge is -2.06. The van der Waals surface area contributed by atoms with Gasteiger partial charge in [-0.1, -0.05) is 18.2 Å². The fraction of sp³-hybridized carbons (Fsp3) is 0.250. The molecule has 0 saturated carbocycles. The van der Waals surface area contributed by atoms with Crippen LogP contribution >= 0.6 is 0 Å². The Balaban J connectivity index is 2.74. The molecular weight excluding hydrogens is 190 g/mol. The number of phenols is 1. The maximum absolute atomic E-state index is 11.5. The molecule has 1 aromatic rings. The van der Waals surface area contributed by atoms with Crippen LogP contribution in [0.25, 0.3) is 0 Å². The Labute approximate surface area is 89.4 Å². The Morgan fingerprint density at radius 2 is 2.20 bits per heavy atom. The van der Waals surface area contributed by atoms with Crippen molar-refractivity contribution in [3.8, 4) is 5.75 Å². The zero-order chi connectivity index (χ0) is 11.4. The lowest BCUT2D eigenvalue weighted by molar-refractivity contribution is 0.0956. The lowest BCUT2D eigenvalue weighted by atomic mass is 10.1. The molecule has 15 heavy (non-hydrogen) atoms. The number of amides is 1. The third kappa shape index (κ3) is 3.13. The third-order valence-electron chi connectivity index (χ3n) is 2.02. The van der Waals surface area contributed by atoms with Crippen LogP contribution < -0.4 is 5.32 Å². The molecule has 80 valence electrons. The van der Waals surface area contributed by atoms with Crippen LogP contribution in [0.2, 0.25) is 0 Å². The lowest BCUT2D eigenvalue weighted by Crippen LogP contribution is -2.24. The van der Waals surface area contributed by atoms with E-state index in [1.165, 1.54) is 6.07 Å². The second kappa shape index (κ2) is 4.64. The molecule has 0 unspecified atom stereocenters.